The number of hydrogen-bond donors (Lipinski definition) is 1. The van der Waals surface area contributed by atoms with Crippen LogP contribution in [0.15, 0.2) is 24.7 Å². The van der Waals surface area contributed by atoms with E-state index >= 15 is 0 Å². The van der Waals surface area contributed by atoms with Crippen molar-refractivity contribution >= 4 is 11.7 Å². The van der Waals surface area contributed by atoms with E-state index in [0.717, 1.165) is 17.5 Å². The minimum absolute atomic E-state index is 0.0298. The molecule has 2 aromatic heterocycles. The molecule has 0 aliphatic carbocycles. The number of piperidine rings is 1. The van der Waals surface area contributed by atoms with E-state index in [1.807, 2.05) is 44.4 Å². The Kier molecular flexibility index (Phi) is 4.70. The summed E-state index contributed by atoms with van der Waals surface area (Å²) in [6.07, 6.45) is 6.81. The summed E-state index contributed by atoms with van der Waals surface area (Å²) < 4.78 is 1.75. The van der Waals surface area contributed by atoms with Crippen LogP contribution in [0.25, 0.3) is 0 Å². The average molecular weight is 338 g/mol. The first-order chi connectivity index (χ1) is 12.0. The Bertz CT molecular complexity index is 821. The molecule has 0 radical (unpaired) electrons. The Morgan fingerprint density at radius 1 is 1.44 bits per heavy atom. The van der Waals surface area contributed by atoms with Crippen LogP contribution in [0.5, 0.6) is 0 Å². The van der Waals surface area contributed by atoms with Crippen LogP contribution in [0, 0.1) is 24.2 Å². The molecule has 3 heterocycles. The molecule has 3 rings (SSSR count). The molecule has 1 aliphatic rings. The van der Waals surface area contributed by atoms with E-state index in [1.54, 1.807) is 10.9 Å². The second-order valence-corrected chi connectivity index (χ2v) is 6.54. The van der Waals surface area contributed by atoms with Gasteiger partial charge in [0.05, 0.1) is 17.8 Å². The SMILES string of the molecule is Cc1ccnc(NC[C@H]2CCC(=O)N(C)[C@@H]2c2cnn(C)c2)c1C#N. The number of aryl methyl sites for hydroxylation is 2. The molecule has 0 saturated carbocycles. The zero-order valence-electron chi connectivity index (χ0n) is 14.7. The number of likely N-dealkylation sites (tertiary alicyclic amines) is 1. The molecule has 2 atom stereocenters. The highest BCUT2D eigenvalue weighted by Gasteiger charge is 2.35. The van der Waals surface area contributed by atoms with Crippen LogP contribution < -0.4 is 5.32 Å². The maximum atomic E-state index is 12.2. The third-order valence-corrected chi connectivity index (χ3v) is 4.86. The number of aromatic nitrogens is 3. The zero-order chi connectivity index (χ0) is 18.0. The van der Waals surface area contributed by atoms with Crippen molar-refractivity contribution in [1.29, 1.82) is 5.26 Å². The molecule has 1 fully saturated rings. The average Bonchev–Trinajstić information content (AvgIpc) is 3.02. The predicted molar refractivity (Wildman–Crippen MR) is 93.6 cm³/mol. The molecule has 1 N–H and O–H groups in total. The summed E-state index contributed by atoms with van der Waals surface area (Å²) in [7, 11) is 3.72. The molecule has 0 unspecified atom stereocenters. The number of pyridine rings is 1. The molecule has 0 bridgehead atoms. The van der Waals surface area contributed by atoms with Gasteiger partial charge in [-0.3, -0.25) is 9.48 Å². The Balaban J connectivity index is 1.82. The molecule has 0 aromatic carbocycles. The maximum Gasteiger partial charge on any atom is 0.222 e. The van der Waals surface area contributed by atoms with Gasteiger partial charge in [0.1, 0.15) is 11.9 Å². The molecule has 7 heteroatoms. The standard InChI is InChI=1S/C18H22N6O/c1-12-6-7-20-18(15(12)8-19)21-9-13-4-5-16(25)24(3)17(13)14-10-22-23(2)11-14/h6-7,10-11,13,17H,4-5,9H2,1-3H3,(H,20,21)/t13-,17+/m1/s1. The molecular formula is C18H22N6O. The lowest BCUT2D eigenvalue weighted by molar-refractivity contribution is -0.136. The second-order valence-electron chi connectivity index (χ2n) is 6.54. The third-order valence-electron chi connectivity index (χ3n) is 4.86. The van der Waals surface area contributed by atoms with Crippen molar-refractivity contribution in [3.8, 4) is 6.07 Å². The van der Waals surface area contributed by atoms with Gasteiger partial charge in [0.25, 0.3) is 0 Å². The fraction of sp³-hybridized carbons (Fsp3) is 0.444. The molecule has 1 saturated heterocycles. The summed E-state index contributed by atoms with van der Waals surface area (Å²) in [6.45, 7) is 2.54. The van der Waals surface area contributed by atoms with Crippen molar-refractivity contribution in [2.75, 3.05) is 18.9 Å². The smallest absolute Gasteiger partial charge is 0.222 e. The largest absolute Gasteiger partial charge is 0.369 e. The van der Waals surface area contributed by atoms with Crippen LogP contribution >= 0.6 is 0 Å². The van der Waals surface area contributed by atoms with Crippen LogP contribution in [0.1, 0.15) is 35.6 Å². The Morgan fingerprint density at radius 3 is 2.92 bits per heavy atom. The molecular weight excluding hydrogens is 316 g/mol. The van der Waals surface area contributed by atoms with Gasteiger partial charge in [-0.1, -0.05) is 0 Å². The van der Waals surface area contributed by atoms with Crippen molar-refractivity contribution in [2.45, 2.75) is 25.8 Å². The van der Waals surface area contributed by atoms with Gasteiger partial charge in [-0.15, -0.1) is 0 Å². The van der Waals surface area contributed by atoms with Crippen LogP contribution in [0.3, 0.4) is 0 Å². The second kappa shape index (κ2) is 6.93. The van der Waals surface area contributed by atoms with Gasteiger partial charge in [0, 0.05) is 50.9 Å². The molecule has 1 amide bonds. The molecule has 7 nitrogen and oxygen atoms in total. The number of carbonyl (C=O) groups excluding carboxylic acids is 1. The number of rotatable bonds is 4. The zero-order valence-corrected chi connectivity index (χ0v) is 14.7. The van der Waals surface area contributed by atoms with Crippen LogP contribution in [0.2, 0.25) is 0 Å². The summed E-state index contributed by atoms with van der Waals surface area (Å²) in [5.74, 6) is 0.976. The lowest BCUT2D eigenvalue weighted by Crippen LogP contribution is -2.42. The van der Waals surface area contributed by atoms with Crippen LogP contribution in [-0.4, -0.2) is 39.2 Å². The third kappa shape index (κ3) is 3.33. The number of anilines is 1. The van der Waals surface area contributed by atoms with Gasteiger partial charge in [0.15, 0.2) is 0 Å². The highest BCUT2D eigenvalue weighted by atomic mass is 16.2. The van der Waals surface area contributed by atoms with E-state index in [4.69, 9.17) is 0 Å². The molecule has 130 valence electrons. The molecule has 25 heavy (non-hydrogen) atoms. The van der Waals surface area contributed by atoms with Crippen molar-refractivity contribution in [2.24, 2.45) is 13.0 Å². The highest BCUT2D eigenvalue weighted by Crippen LogP contribution is 2.35. The van der Waals surface area contributed by atoms with Gasteiger partial charge in [-0.25, -0.2) is 4.98 Å². The lowest BCUT2D eigenvalue weighted by Gasteiger charge is -2.38. The van der Waals surface area contributed by atoms with E-state index in [9.17, 15) is 10.1 Å². The molecule has 1 aliphatic heterocycles. The molecule has 2 aromatic rings. The van der Waals surface area contributed by atoms with Gasteiger partial charge in [-0.2, -0.15) is 10.4 Å². The van der Waals surface area contributed by atoms with E-state index in [0.29, 0.717) is 24.3 Å². The Hall–Kier alpha value is -2.88. The summed E-state index contributed by atoms with van der Waals surface area (Å²) in [6, 6.07) is 4.01. The predicted octanol–water partition coefficient (Wildman–Crippen LogP) is 2.02. The first kappa shape index (κ1) is 17.0. The van der Waals surface area contributed by atoms with Crippen LogP contribution in [0.4, 0.5) is 5.82 Å². The summed E-state index contributed by atoms with van der Waals surface area (Å²) in [5.41, 5.74) is 2.50. The monoisotopic (exact) mass is 338 g/mol. The fourth-order valence-electron chi connectivity index (χ4n) is 3.48. The van der Waals surface area contributed by atoms with Gasteiger partial charge in [-0.05, 0) is 25.0 Å². The normalized spacial score (nSPS) is 20.4. The number of nitriles is 1. The highest BCUT2D eigenvalue weighted by molar-refractivity contribution is 5.77. The minimum atomic E-state index is -0.0298. The number of nitrogens with zero attached hydrogens (tertiary/aromatic N) is 5. The van der Waals surface area contributed by atoms with E-state index < -0.39 is 0 Å². The Morgan fingerprint density at radius 2 is 2.24 bits per heavy atom. The maximum absolute atomic E-state index is 12.2. The summed E-state index contributed by atoms with van der Waals surface area (Å²) >= 11 is 0. The van der Waals surface area contributed by atoms with Gasteiger partial charge in [0.2, 0.25) is 5.91 Å². The Labute approximate surface area is 147 Å². The first-order valence-corrected chi connectivity index (χ1v) is 8.35. The summed E-state index contributed by atoms with van der Waals surface area (Å²) in [5, 5.41) is 16.9. The van der Waals surface area contributed by atoms with Crippen LogP contribution in [-0.2, 0) is 11.8 Å². The minimum Gasteiger partial charge on any atom is -0.369 e. The summed E-state index contributed by atoms with van der Waals surface area (Å²) in [4.78, 5) is 18.3. The topological polar surface area (TPSA) is 86.8 Å². The number of carbonyl (C=O) groups is 1. The van der Waals surface area contributed by atoms with Gasteiger partial charge < -0.3 is 10.2 Å². The van der Waals surface area contributed by atoms with Gasteiger partial charge >= 0.3 is 0 Å². The van der Waals surface area contributed by atoms with Crippen molar-refractivity contribution in [3.63, 3.8) is 0 Å². The fourth-order valence-corrected chi connectivity index (χ4v) is 3.48. The van der Waals surface area contributed by atoms with Crippen molar-refractivity contribution < 1.29 is 4.79 Å². The van der Waals surface area contributed by atoms with E-state index in [1.165, 1.54) is 0 Å². The van der Waals surface area contributed by atoms with Crippen molar-refractivity contribution in [1.82, 2.24) is 19.7 Å². The first-order valence-electron chi connectivity index (χ1n) is 8.35. The van der Waals surface area contributed by atoms with Crippen molar-refractivity contribution in [3.05, 3.63) is 41.3 Å². The van der Waals surface area contributed by atoms with E-state index in [-0.39, 0.29) is 17.9 Å². The van der Waals surface area contributed by atoms with E-state index in [2.05, 4.69) is 21.5 Å². The lowest BCUT2D eigenvalue weighted by atomic mass is 9.85. The number of hydrogen-bond acceptors (Lipinski definition) is 5. The number of amides is 1. The number of nitrogens with one attached hydrogen (secondary N) is 1. The quantitative estimate of drug-likeness (QED) is 0.921. The molecule has 0 spiro atoms.